The number of anilines is 3. The van der Waals surface area contributed by atoms with Gasteiger partial charge in [0.15, 0.2) is 5.69 Å². The maximum absolute atomic E-state index is 13.5. The van der Waals surface area contributed by atoms with Crippen molar-refractivity contribution >= 4 is 34.8 Å². The van der Waals surface area contributed by atoms with E-state index < -0.39 is 11.4 Å². The first-order valence-electron chi connectivity index (χ1n) is 11.8. The van der Waals surface area contributed by atoms with Gasteiger partial charge in [-0.2, -0.15) is 4.98 Å². The quantitative estimate of drug-likeness (QED) is 0.405. The summed E-state index contributed by atoms with van der Waals surface area (Å²) in [6, 6.07) is 14.2. The van der Waals surface area contributed by atoms with Crippen molar-refractivity contribution in [3.8, 4) is 11.6 Å². The Hall–Kier alpha value is -3.56. The third kappa shape index (κ3) is 6.35. The van der Waals surface area contributed by atoms with Crippen molar-refractivity contribution in [1.29, 1.82) is 0 Å². The van der Waals surface area contributed by atoms with Gasteiger partial charge < -0.3 is 25.2 Å². The molecule has 0 atom stereocenters. The van der Waals surface area contributed by atoms with E-state index in [-0.39, 0.29) is 36.1 Å². The summed E-state index contributed by atoms with van der Waals surface area (Å²) in [5.41, 5.74) is 0.590. The molecule has 36 heavy (non-hydrogen) atoms. The SMILES string of the molecule is CC(C)Oc1ccc(Nc2nc(O)c(NC(=O)C3CCOCC3)c(=O)n2Cc2ccc(Cl)cc2)cc1. The summed E-state index contributed by atoms with van der Waals surface area (Å²) in [6.07, 6.45) is 1.14. The van der Waals surface area contributed by atoms with Crippen LogP contribution in [0.15, 0.2) is 53.3 Å². The lowest BCUT2D eigenvalue weighted by atomic mass is 9.99. The standard InChI is InChI=1S/C26H29ClN4O5/c1-16(2)36-21-9-7-20(8-10-21)28-26-30-24(33)22(29-23(32)18-11-13-35-14-12-18)25(34)31(26)15-17-3-5-19(27)6-4-17/h3-10,16,18,33H,11-15H2,1-2H3,(H,28,30)(H,29,32). The first kappa shape index (κ1) is 25.5. The zero-order valence-electron chi connectivity index (χ0n) is 20.2. The second-order valence-electron chi connectivity index (χ2n) is 8.84. The lowest BCUT2D eigenvalue weighted by Gasteiger charge is -2.22. The molecular weight excluding hydrogens is 484 g/mol. The van der Waals surface area contributed by atoms with Crippen molar-refractivity contribution in [1.82, 2.24) is 9.55 Å². The normalized spacial score (nSPS) is 14.0. The molecule has 3 aromatic rings. The summed E-state index contributed by atoms with van der Waals surface area (Å²) in [4.78, 5) is 30.5. The van der Waals surface area contributed by atoms with Crippen LogP contribution in [0.4, 0.5) is 17.3 Å². The molecule has 190 valence electrons. The fourth-order valence-corrected chi connectivity index (χ4v) is 4.00. The third-order valence-electron chi connectivity index (χ3n) is 5.73. The summed E-state index contributed by atoms with van der Waals surface area (Å²) in [5, 5.41) is 16.9. The Balaban J connectivity index is 1.66. The predicted molar refractivity (Wildman–Crippen MR) is 138 cm³/mol. The smallest absolute Gasteiger partial charge is 0.283 e. The second kappa shape index (κ2) is 11.5. The van der Waals surface area contributed by atoms with Gasteiger partial charge >= 0.3 is 0 Å². The Kier molecular flexibility index (Phi) is 8.12. The van der Waals surface area contributed by atoms with Gasteiger partial charge in [0.25, 0.3) is 5.56 Å². The van der Waals surface area contributed by atoms with E-state index in [1.54, 1.807) is 48.5 Å². The van der Waals surface area contributed by atoms with Crippen LogP contribution >= 0.6 is 11.6 Å². The summed E-state index contributed by atoms with van der Waals surface area (Å²) in [6.45, 7) is 4.98. The van der Waals surface area contributed by atoms with E-state index in [9.17, 15) is 14.7 Å². The van der Waals surface area contributed by atoms with Crippen molar-refractivity contribution in [2.24, 2.45) is 5.92 Å². The molecule has 0 spiro atoms. The molecule has 1 saturated heterocycles. The lowest BCUT2D eigenvalue weighted by Crippen LogP contribution is -2.33. The van der Waals surface area contributed by atoms with E-state index in [0.29, 0.717) is 42.5 Å². The first-order chi connectivity index (χ1) is 17.3. The zero-order valence-corrected chi connectivity index (χ0v) is 20.9. The zero-order chi connectivity index (χ0) is 25.7. The van der Waals surface area contributed by atoms with Crippen LogP contribution in [0.2, 0.25) is 5.02 Å². The molecule has 0 bridgehead atoms. The highest BCUT2D eigenvalue weighted by atomic mass is 35.5. The van der Waals surface area contributed by atoms with E-state index in [1.165, 1.54) is 4.57 Å². The van der Waals surface area contributed by atoms with Crippen LogP contribution in [0.1, 0.15) is 32.3 Å². The highest BCUT2D eigenvalue weighted by Crippen LogP contribution is 2.25. The number of carbonyl (C=O) groups excluding carboxylic acids is 1. The maximum Gasteiger partial charge on any atom is 0.283 e. The average Bonchev–Trinajstić information content (AvgIpc) is 2.86. The molecular formula is C26H29ClN4O5. The van der Waals surface area contributed by atoms with E-state index >= 15 is 0 Å². The van der Waals surface area contributed by atoms with E-state index in [1.807, 2.05) is 13.8 Å². The van der Waals surface area contributed by atoms with Gasteiger partial charge in [-0.15, -0.1) is 0 Å². The number of aromatic nitrogens is 2. The molecule has 1 aliphatic heterocycles. The summed E-state index contributed by atoms with van der Waals surface area (Å²) in [7, 11) is 0. The van der Waals surface area contributed by atoms with Crippen LogP contribution in [0.3, 0.4) is 0 Å². The van der Waals surface area contributed by atoms with E-state index in [2.05, 4.69) is 15.6 Å². The number of hydrogen-bond donors (Lipinski definition) is 3. The summed E-state index contributed by atoms with van der Waals surface area (Å²) in [5.74, 6) is -0.376. The molecule has 4 rings (SSSR count). The van der Waals surface area contributed by atoms with Gasteiger partial charge in [-0.25, -0.2) is 0 Å². The monoisotopic (exact) mass is 512 g/mol. The molecule has 9 nitrogen and oxygen atoms in total. The number of nitrogens with one attached hydrogen (secondary N) is 2. The minimum Gasteiger partial charge on any atom is -0.492 e. The predicted octanol–water partition coefficient (Wildman–Crippen LogP) is 4.55. The van der Waals surface area contributed by atoms with Crippen molar-refractivity contribution in [3.63, 3.8) is 0 Å². The Morgan fingerprint density at radius 1 is 1.17 bits per heavy atom. The van der Waals surface area contributed by atoms with Crippen LogP contribution in [0, 0.1) is 5.92 Å². The molecule has 2 heterocycles. The summed E-state index contributed by atoms with van der Waals surface area (Å²) < 4.78 is 12.3. The second-order valence-corrected chi connectivity index (χ2v) is 9.28. The van der Waals surface area contributed by atoms with Crippen LogP contribution in [-0.4, -0.2) is 39.9 Å². The van der Waals surface area contributed by atoms with E-state index in [0.717, 1.165) is 5.56 Å². The Morgan fingerprint density at radius 2 is 1.83 bits per heavy atom. The van der Waals surface area contributed by atoms with E-state index in [4.69, 9.17) is 21.1 Å². The molecule has 1 aliphatic rings. The number of halogens is 1. The number of benzene rings is 2. The molecule has 0 saturated carbocycles. The van der Waals surface area contributed by atoms with Gasteiger partial charge in [0.2, 0.25) is 17.7 Å². The molecule has 3 N–H and O–H groups in total. The van der Waals surface area contributed by atoms with Gasteiger partial charge in [-0.3, -0.25) is 14.2 Å². The average molecular weight is 513 g/mol. The molecule has 1 fully saturated rings. The number of rotatable bonds is 8. The van der Waals surface area contributed by atoms with Crippen molar-refractivity contribution in [2.75, 3.05) is 23.8 Å². The Bertz CT molecular complexity index is 1250. The highest BCUT2D eigenvalue weighted by molar-refractivity contribution is 6.30. The fourth-order valence-electron chi connectivity index (χ4n) is 3.87. The van der Waals surface area contributed by atoms with Crippen molar-refractivity contribution in [2.45, 2.75) is 39.3 Å². The number of carbonyl (C=O) groups is 1. The molecule has 0 aliphatic carbocycles. The van der Waals surface area contributed by atoms with Crippen LogP contribution in [0.25, 0.3) is 0 Å². The minimum absolute atomic E-state index is 0.0378. The highest BCUT2D eigenvalue weighted by Gasteiger charge is 2.25. The van der Waals surface area contributed by atoms with Crippen LogP contribution < -0.4 is 20.9 Å². The Labute approximate surface area is 214 Å². The van der Waals surface area contributed by atoms with Gasteiger partial charge in [-0.05, 0) is 68.7 Å². The maximum atomic E-state index is 13.5. The lowest BCUT2D eigenvalue weighted by molar-refractivity contribution is -0.122. The van der Waals surface area contributed by atoms with Crippen LogP contribution in [-0.2, 0) is 16.1 Å². The van der Waals surface area contributed by atoms with Crippen LogP contribution in [0.5, 0.6) is 11.6 Å². The fraction of sp³-hybridized carbons (Fsp3) is 0.346. The topological polar surface area (TPSA) is 115 Å². The molecule has 10 heteroatoms. The largest absolute Gasteiger partial charge is 0.492 e. The van der Waals surface area contributed by atoms with Crippen molar-refractivity contribution < 1.29 is 19.4 Å². The first-order valence-corrected chi connectivity index (χ1v) is 12.2. The third-order valence-corrected chi connectivity index (χ3v) is 5.98. The van der Waals surface area contributed by atoms with Gasteiger partial charge in [0, 0.05) is 29.8 Å². The number of nitrogens with zero attached hydrogens (tertiary/aromatic N) is 2. The number of hydrogen-bond acceptors (Lipinski definition) is 7. The van der Waals surface area contributed by atoms with Gasteiger partial charge in [0.1, 0.15) is 5.75 Å². The minimum atomic E-state index is -0.583. The number of amides is 1. The van der Waals surface area contributed by atoms with Gasteiger partial charge in [0.05, 0.1) is 12.6 Å². The number of aromatic hydroxyl groups is 1. The molecule has 2 aromatic carbocycles. The summed E-state index contributed by atoms with van der Waals surface area (Å²) >= 11 is 6.01. The van der Waals surface area contributed by atoms with Crippen molar-refractivity contribution in [3.05, 3.63) is 69.5 Å². The molecule has 1 aromatic heterocycles. The molecule has 0 unspecified atom stereocenters. The molecule has 1 amide bonds. The Morgan fingerprint density at radius 3 is 2.47 bits per heavy atom. The number of ether oxygens (including phenoxy) is 2. The molecule has 0 radical (unpaired) electrons. The van der Waals surface area contributed by atoms with Gasteiger partial charge in [-0.1, -0.05) is 23.7 Å².